The van der Waals surface area contributed by atoms with Gasteiger partial charge in [-0.25, -0.2) is 4.79 Å². The van der Waals surface area contributed by atoms with E-state index >= 15 is 0 Å². The van der Waals surface area contributed by atoms with Gasteiger partial charge in [-0.2, -0.15) is 11.8 Å². The molecular weight excluding hydrogens is 502 g/mol. The van der Waals surface area contributed by atoms with Gasteiger partial charge in [0.1, 0.15) is 18.1 Å². The van der Waals surface area contributed by atoms with Crippen molar-refractivity contribution < 1.29 is 34.2 Å². The fourth-order valence-electron chi connectivity index (χ4n) is 3.40. The number of thioether (sulfide) groups is 1. The fourth-order valence-corrected chi connectivity index (χ4v) is 3.87. The summed E-state index contributed by atoms with van der Waals surface area (Å²) < 4.78 is 0. The quantitative estimate of drug-likeness (QED) is 0.118. The van der Waals surface area contributed by atoms with Crippen LogP contribution in [0.3, 0.4) is 0 Å². The van der Waals surface area contributed by atoms with Crippen molar-refractivity contribution in [2.75, 3.05) is 18.6 Å². The molecule has 1 aromatic rings. The predicted molar refractivity (Wildman–Crippen MR) is 140 cm³/mol. The van der Waals surface area contributed by atoms with Gasteiger partial charge >= 0.3 is 11.9 Å². The van der Waals surface area contributed by atoms with E-state index in [1.165, 1.54) is 11.8 Å². The summed E-state index contributed by atoms with van der Waals surface area (Å²) in [4.78, 5) is 61.5. The standard InChI is InChI=1S/C24H37N5O7S/c1-37-12-10-17(22(33)29-19(24(35)36)13-15-7-3-2-4-8-15)27-23(34)18(14-20(30)31)28-21(32)16(26)9-5-6-11-25/h2-4,7-8,16-19H,5-6,9-14,25-26H2,1H3,(H,27,34)(H,28,32)(H,29,33)(H,30,31)(H,35,36). The van der Waals surface area contributed by atoms with Gasteiger partial charge in [0.25, 0.3) is 0 Å². The third-order valence-corrected chi connectivity index (χ3v) is 6.10. The molecule has 4 atom stereocenters. The topological polar surface area (TPSA) is 214 Å². The third kappa shape index (κ3) is 12.6. The van der Waals surface area contributed by atoms with E-state index in [9.17, 15) is 34.2 Å². The van der Waals surface area contributed by atoms with Crippen LogP contribution < -0.4 is 27.4 Å². The van der Waals surface area contributed by atoms with E-state index in [1.54, 1.807) is 36.6 Å². The van der Waals surface area contributed by atoms with Gasteiger partial charge in [-0.05, 0) is 43.4 Å². The van der Waals surface area contributed by atoms with E-state index < -0.39 is 60.2 Å². The van der Waals surface area contributed by atoms with E-state index in [4.69, 9.17) is 11.5 Å². The van der Waals surface area contributed by atoms with Gasteiger partial charge in [0.15, 0.2) is 0 Å². The minimum atomic E-state index is -1.48. The SMILES string of the molecule is CSCCC(NC(=O)C(CC(=O)O)NC(=O)C(N)CCCCN)C(=O)NC(Cc1ccccc1)C(=O)O. The minimum Gasteiger partial charge on any atom is -0.481 e. The third-order valence-electron chi connectivity index (χ3n) is 5.46. The Morgan fingerprint density at radius 3 is 2.03 bits per heavy atom. The molecule has 0 saturated heterocycles. The Hall–Kier alpha value is -3.16. The molecule has 0 aliphatic rings. The van der Waals surface area contributed by atoms with Crippen molar-refractivity contribution in [3.8, 4) is 0 Å². The highest BCUT2D eigenvalue weighted by atomic mass is 32.2. The molecule has 0 radical (unpaired) electrons. The number of carboxylic acid groups (broad SMARTS) is 2. The van der Waals surface area contributed by atoms with Crippen molar-refractivity contribution in [3.63, 3.8) is 0 Å². The molecule has 0 bridgehead atoms. The molecule has 4 unspecified atom stereocenters. The van der Waals surface area contributed by atoms with Crippen LogP contribution in [0.5, 0.6) is 0 Å². The summed E-state index contributed by atoms with van der Waals surface area (Å²) in [5, 5.41) is 26.1. The normalized spacial score (nSPS) is 14.0. The average molecular weight is 540 g/mol. The molecule has 13 heteroatoms. The number of rotatable bonds is 18. The van der Waals surface area contributed by atoms with E-state index in [-0.39, 0.29) is 12.8 Å². The highest BCUT2D eigenvalue weighted by Gasteiger charge is 2.31. The monoisotopic (exact) mass is 539 g/mol. The number of nitrogens with one attached hydrogen (secondary N) is 3. The van der Waals surface area contributed by atoms with Crippen molar-refractivity contribution in [3.05, 3.63) is 35.9 Å². The molecule has 0 spiro atoms. The van der Waals surface area contributed by atoms with Crippen LogP contribution in [-0.4, -0.2) is 82.6 Å². The molecule has 206 valence electrons. The van der Waals surface area contributed by atoms with E-state index in [2.05, 4.69) is 16.0 Å². The second kappa shape index (κ2) is 17.3. The van der Waals surface area contributed by atoms with Crippen LogP contribution in [0.1, 0.15) is 37.7 Å². The Bertz CT molecular complexity index is 903. The van der Waals surface area contributed by atoms with Crippen molar-refractivity contribution in [1.82, 2.24) is 16.0 Å². The Morgan fingerprint density at radius 1 is 0.865 bits per heavy atom. The lowest BCUT2D eigenvalue weighted by molar-refractivity contribution is -0.143. The molecule has 0 saturated carbocycles. The van der Waals surface area contributed by atoms with Crippen molar-refractivity contribution in [2.45, 2.75) is 62.7 Å². The highest BCUT2D eigenvalue weighted by Crippen LogP contribution is 2.07. The molecule has 3 amide bonds. The highest BCUT2D eigenvalue weighted by molar-refractivity contribution is 7.98. The summed E-state index contributed by atoms with van der Waals surface area (Å²) in [7, 11) is 0. The number of amides is 3. The number of carbonyl (C=O) groups excluding carboxylic acids is 3. The van der Waals surface area contributed by atoms with Crippen molar-refractivity contribution in [2.24, 2.45) is 11.5 Å². The molecule has 1 aromatic carbocycles. The van der Waals surface area contributed by atoms with Gasteiger partial charge in [0.05, 0.1) is 12.5 Å². The van der Waals surface area contributed by atoms with Crippen LogP contribution in [0.4, 0.5) is 0 Å². The summed E-state index contributed by atoms with van der Waals surface area (Å²) in [6, 6.07) is 3.91. The van der Waals surface area contributed by atoms with Crippen LogP contribution in [-0.2, 0) is 30.4 Å². The number of carboxylic acids is 2. The van der Waals surface area contributed by atoms with E-state index in [0.29, 0.717) is 37.1 Å². The first-order valence-electron chi connectivity index (χ1n) is 11.9. The van der Waals surface area contributed by atoms with Crippen molar-refractivity contribution in [1.29, 1.82) is 0 Å². The fraction of sp³-hybridized carbons (Fsp3) is 0.542. The number of unbranched alkanes of at least 4 members (excludes halogenated alkanes) is 1. The van der Waals surface area contributed by atoms with Crippen LogP contribution >= 0.6 is 11.8 Å². The molecule has 0 fully saturated rings. The average Bonchev–Trinajstić information content (AvgIpc) is 2.85. The Balaban J connectivity index is 2.94. The Kier molecular flexibility index (Phi) is 14.9. The number of benzene rings is 1. The lowest BCUT2D eigenvalue weighted by atomic mass is 10.0. The summed E-state index contributed by atoms with van der Waals surface area (Å²) in [6.07, 6.45) is 2.82. The summed E-state index contributed by atoms with van der Waals surface area (Å²) in [5.41, 5.74) is 12.0. The summed E-state index contributed by atoms with van der Waals surface area (Å²) in [6.45, 7) is 0.436. The van der Waals surface area contributed by atoms with Gasteiger partial charge in [-0.1, -0.05) is 36.8 Å². The number of hydrogen-bond donors (Lipinski definition) is 7. The minimum absolute atomic E-state index is 0.0326. The first-order valence-corrected chi connectivity index (χ1v) is 13.3. The number of hydrogen-bond acceptors (Lipinski definition) is 8. The molecule has 0 aliphatic carbocycles. The molecule has 9 N–H and O–H groups in total. The van der Waals surface area contributed by atoms with Crippen molar-refractivity contribution >= 4 is 41.4 Å². The van der Waals surface area contributed by atoms with Gasteiger partial charge in [-0.3, -0.25) is 19.2 Å². The molecule has 12 nitrogen and oxygen atoms in total. The number of carbonyl (C=O) groups is 5. The zero-order chi connectivity index (χ0) is 27.8. The lowest BCUT2D eigenvalue weighted by Crippen LogP contribution is -2.57. The molecule has 37 heavy (non-hydrogen) atoms. The maximum Gasteiger partial charge on any atom is 0.326 e. The van der Waals surface area contributed by atoms with Gasteiger partial charge in [0.2, 0.25) is 17.7 Å². The van der Waals surface area contributed by atoms with Gasteiger partial charge in [-0.15, -0.1) is 0 Å². The number of nitrogens with two attached hydrogens (primary N) is 2. The second-order valence-electron chi connectivity index (χ2n) is 8.48. The van der Waals surface area contributed by atoms with E-state index in [0.717, 1.165) is 0 Å². The van der Waals surface area contributed by atoms with Crippen LogP contribution in [0.2, 0.25) is 0 Å². The predicted octanol–water partition coefficient (Wildman–Crippen LogP) is -0.548. The number of aliphatic carboxylic acids is 2. The molecular formula is C24H37N5O7S. The summed E-state index contributed by atoms with van der Waals surface area (Å²) >= 11 is 1.41. The smallest absolute Gasteiger partial charge is 0.326 e. The largest absolute Gasteiger partial charge is 0.481 e. The first kappa shape index (κ1) is 31.9. The van der Waals surface area contributed by atoms with Crippen LogP contribution in [0, 0.1) is 0 Å². The zero-order valence-corrected chi connectivity index (χ0v) is 21.7. The van der Waals surface area contributed by atoms with Crippen LogP contribution in [0.25, 0.3) is 0 Å². The Labute approximate surface area is 220 Å². The first-order chi connectivity index (χ1) is 17.6. The van der Waals surface area contributed by atoms with E-state index in [1.807, 2.05) is 0 Å². The summed E-state index contributed by atoms with van der Waals surface area (Å²) in [5.74, 6) is -4.44. The maximum atomic E-state index is 13.0. The molecule has 0 aliphatic heterocycles. The lowest BCUT2D eigenvalue weighted by Gasteiger charge is -2.24. The molecule has 1 rings (SSSR count). The van der Waals surface area contributed by atoms with Gasteiger partial charge in [0, 0.05) is 6.42 Å². The Morgan fingerprint density at radius 2 is 1.46 bits per heavy atom. The van der Waals surface area contributed by atoms with Gasteiger partial charge < -0.3 is 37.6 Å². The second-order valence-corrected chi connectivity index (χ2v) is 9.47. The van der Waals surface area contributed by atoms with Crippen LogP contribution in [0.15, 0.2) is 30.3 Å². The molecule has 0 heterocycles. The zero-order valence-electron chi connectivity index (χ0n) is 20.9. The molecule has 0 aromatic heterocycles. The maximum absolute atomic E-state index is 13.0.